The lowest BCUT2D eigenvalue weighted by Gasteiger charge is -2.20. The van der Waals surface area contributed by atoms with Gasteiger partial charge >= 0.3 is 0 Å². The molecule has 2 aromatic carbocycles. The van der Waals surface area contributed by atoms with Gasteiger partial charge < -0.3 is 15.2 Å². The van der Waals surface area contributed by atoms with Crippen LogP contribution in [0.3, 0.4) is 0 Å². The van der Waals surface area contributed by atoms with E-state index in [1.165, 1.54) is 0 Å². The maximum absolute atomic E-state index is 12.7. The molecule has 0 aliphatic heterocycles. The summed E-state index contributed by atoms with van der Waals surface area (Å²) in [5, 5.41) is 16.9. The van der Waals surface area contributed by atoms with E-state index in [-0.39, 0.29) is 36.9 Å². The van der Waals surface area contributed by atoms with E-state index in [1.54, 1.807) is 47.4 Å². The first-order chi connectivity index (χ1) is 16.0. The Morgan fingerprint density at radius 1 is 1.09 bits per heavy atom. The van der Waals surface area contributed by atoms with Gasteiger partial charge in [0, 0.05) is 30.6 Å². The molecule has 0 spiro atoms. The number of H-pyrrole nitrogens is 2. The lowest BCUT2D eigenvalue weighted by molar-refractivity contribution is -0.131. The van der Waals surface area contributed by atoms with Crippen LogP contribution in [0.25, 0.3) is 22.3 Å². The summed E-state index contributed by atoms with van der Waals surface area (Å²) in [5.41, 5.74) is 1.53. The molecular weight excluding hydrogens is 424 g/mol. The third kappa shape index (κ3) is 5.09. The van der Waals surface area contributed by atoms with Crippen LogP contribution in [0, 0.1) is 0 Å². The van der Waals surface area contributed by atoms with E-state index in [1.807, 2.05) is 13.0 Å². The molecule has 168 valence electrons. The summed E-state index contributed by atoms with van der Waals surface area (Å²) in [7, 11) is 0. The minimum atomic E-state index is -0.286. The van der Waals surface area contributed by atoms with Crippen LogP contribution in [-0.4, -0.2) is 60.4 Å². The van der Waals surface area contributed by atoms with Crippen molar-refractivity contribution < 1.29 is 9.59 Å². The Balaban J connectivity index is 1.32. The Kier molecular flexibility index (Phi) is 6.48. The molecule has 0 radical (unpaired) electrons. The van der Waals surface area contributed by atoms with Gasteiger partial charge in [0.1, 0.15) is 5.82 Å². The van der Waals surface area contributed by atoms with E-state index in [9.17, 15) is 14.4 Å². The standard InChI is InChI=1S/C22H22N8O3/c1-2-30(13-18-24-17-6-4-3-5-16(17)22(33)25-18)19(31)11-12-23-21(32)15-9-7-14(8-10-15)20-26-28-29-27-20/h3-10H,2,11-13H2,1H3,(H,23,32)(H,24,25,33)(H,26,27,28,29). The third-order valence-corrected chi connectivity index (χ3v) is 5.11. The monoisotopic (exact) mass is 446 g/mol. The fourth-order valence-corrected chi connectivity index (χ4v) is 3.36. The number of nitrogens with one attached hydrogen (secondary N) is 3. The number of para-hydroxylation sites is 1. The maximum Gasteiger partial charge on any atom is 0.258 e. The molecule has 0 aliphatic carbocycles. The summed E-state index contributed by atoms with van der Waals surface area (Å²) in [5.74, 6) is 0.418. The van der Waals surface area contributed by atoms with Crippen molar-refractivity contribution in [2.24, 2.45) is 0 Å². The molecule has 2 amide bonds. The lowest BCUT2D eigenvalue weighted by Crippen LogP contribution is -2.35. The van der Waals surface area contributed by atoms with Gasteiger partial charge in [-0.15, -0.1) is 10.2 Å². The number of benzene rings is 2. The molecule has 2 aromatic heterocycles. The highest BCUT2D eigenvalue weighted by molar-refractivity contribution is 5.94. The van der Waals surface area contributed by atoms with Crippen molar-refractivity contribution >= 4 is 22.7 Å². The number of hydrogen-bond acceptors (Lipinski definition) is 7. The van der Waals surface area contributed by atoms with Crippen LogP contribution in [0.15, 0.2) is 53.3 Å². The zero-order valence-corrected chi connectivity index (χ0v) is 17.9. The largest absolute Gasteiger partial charge is 0.352 e. The first kappa shape index (κ1) is 21.8. The zero-order chi connectivity index (χ0) is 23.2. The molecular formula is C22H22N8O3. The van der Waals surface area contributed by atoms with E-state index in [4.69, 9.17) is 0 Å². The molecule has 4 aromatic rings. The summed E-state index contributed by atoms with van der Waals surface area (Å²) in [6.07, 6.45) is 0.123. The molecule has 0 unspecified atom stereocenters. The highest BCUT2D eigenvalue weighted by Gasteiger charge is 2.15. The Morgan fingerprint density at radius 2 is 1.88 bits per heavy atom. The van der Waals surface area contributed by atoms with Gasteiger partial charge in [-0.05, 0) is 36.4 Å². The lowest BCUT2D eigenvalue weighted by atomic mass is 10.1. The second-order valence-corrected chi connectivity index (χ2v) is 7.26. The van der Waals surface area contributed by atoms with E-state index in [0.717, 1.165) is 5.56 Å². The van der Waals surface area contributed by atoms with Crippen LogP contribution in [-0.2, 0) is 11.3 Å². The first-order valence-corrected chi connectivity index (χ1v) is 10.4. The quantitative estimate of drug-likeness (QED) is 0.369. The molecule has 0 fully saturated rings. The van der Waals surface area contributed by atoms with Crippen molar-refractivity contribution in [2.75, 3.05) is 13.1 Å². The summed E-state index contributed by atoms with van der Waals surface area (Å²) in [6.45, 7) is 2.66. The smallest absolute Gasteiger partial charge is 0.258 e. The molecule has 0 atom stereocenters. The number of rotatable bonds is 8. The van der Waals surface area contributed by atoms with Crippen LogP contribution < -0.4 is 10.9 Å². The van der Waals surface area contributed by atoms with Gasteiger partial charge in [-0.3, -0.25) is 14.4 Å². The number of aromatic amines is 2. The molecule has 3 N–H and O–H groups in total. The normalized spacial score (nSPS) is 10.8. The number of amides is 2. The van der Waals surface area contributed by atoms with Crippen LogP contribution in [0.1, 0.15) is 29.5 Å². The van der Waals surface area contributed by atoms with E-state index >= 15 is 0 Å². The number of tetrazole rings is 1. The van der Waals surface area contributed by atoms with Crippen molar-refractivity contribution in [2.45, 2.75) is 19.9 Å². The number of hydrogen-bond donors (Lipinski definition) is 3. The Morgan fingerprint density at radius 3 is 2.61 bits per heavy atom. The molecule has 33 heavy (non-hydrogen) atoms. The predicted octanol–water partition coefficient (Wildman–Crippen LogP) is 1.27. The molecule has 0 saturated carbocycles. The molecule has 2 heterocycles. The van der Waals surface area contributed by atoms with Crippen molar-refractivity contribution in [3.63, 3.8) is 0 Å². The molecule has 4 rings (SSSR count). The van der Waals surface area contributed by atoms with E-state index in [2.05, 4.69) is 35.9 Å². The van der Waals surface area contributed by atoms with Crippen molar-refractivity contribution in [3.05, 3.63) is 70.3 Å². The van der Waals surface area contributed by atoms with Gasteiger partial charge in [-0.1, -0.05) is 24.3 Å². The molecule has 11 nitrogen and oxygen atoms in total. The molecule has 11 heteroatoms. The Hall–Kier alpha value is -4.41. The molecule has 0 bridgehead atoms. The summed E-state index contributed by atoms with van der Waals surface area (Å²) >= 11 is 0. The van der Waals surface area contributed by atoms with Gasteiger partial charge in [0.2, 0.25) is 11.7 Å². The van der Waals surface area contributed by atoms with Crippen LogP contribution in [0.2, 0.25) is 0 Å². The number of nitrogens with zero attached hydrogens (tertiary/aromatic N) is 5. The van der Waals surface area contributed by atoms with Gasteiger partial charge in [0.25, 0.3) is 11.5 Å². The van der Waals surface area contributed by atoms with Gasteiger partial charge in [0.15, 0.2) is 0 Å². The van der Waals surface area contributed by atoms with Crippen molar-refractivity contribution in [1.29, 1.82) is 0 Å². The minimum absolute atomic E-state index is 0.123. The first-order valence-electron chi connectivity index (χ1n) is 10.4. The zero-order valence-electron chi connectivity index (χ0n) is 17.9. The SMILES string of the molecule is CCN(Cc1nc2ccccc2c(=O)[nH]1)C(=O)CCNC(=O)c1ccc(-c2nn[nH]n2)cc1. The second-order valence-electron chi connectivity index (χ2n) is 7.26. The number of aromatic nitrogens is 6. The van der Waals surface area contributed by atoms with Crippen molar-refractivity contribution in [3.8, 4) is 11.4 Å². The van der Waals surface area contributed by atoms with Crippen molar-refractivity contribution in [1.82, 2.24) is 40.8 Å². The van der Waals surface area contributed by atoms with Crippen LogP contribution >= 0.6 is 0 Å². The molecule has 0 aliphatic rings. The fourth-order valence-electron chi connectivity index (χ4n) is 3.36. The number of carbonyl (C=O) groups excluding carboxylic acids is 2. The fraction of sp³-hybridized carbons (Fsp3) is 0.227. The summed E-state index contributed by atoms with van der Waals surface area (Å²) in [4.78, 5) is 46.0. The highest BCUT2D eigenvalue weighted by atomic mass is 16.2. The number of carbonyl (C=O) groups is 2. The van der Waals surface area contributed by atoms with Crippen LogP contribution in [0.5, 0.6) is 0 Å². The van der Waals surface area contributed by atoms with Gasteiger partial charge in [0.05, 0.1) is 17.4 Å². The van der Waals surface area contributed by atoms with E-state index in [0.29, 0.717) is 34.7 Å². The van der Waals surface area contributed by atoms with Crippen LogP contribution in [0.4, 0.5) is 0 Å². The number of fused-ring (bicyclic) bond motifs is 1. The topological polar surface area (TPSA) is 150 Å². The Labute approximate surface area is 188 Å². The second kappa shape index (κ2) is 9.81. The molecule has 0 saturated heterocycles. The third-order valence-electron chi connectivity index (χ3n) is 5.11. The average Bonchev–Trinajstić information content (AvgIpc) is 3.37. The van der Waals surface area contributed by atoms with Gasteiger partial charge in [-0.25, -0.2) is 4.98 Å². The Bertz CT molecular complexity index is 1320. The minimum Gasteiger partial charge on any atom is -0.352 e. The van der Waals surface area contributed by atoms with E-state index < -0.39 is 0 Å². The summed E-state index contributed by atoms with van der Waals surface area (Å²) in [6, 6.07) is 13.8. The maximum atomic E-state index is 12.7. The van der Waals surface area contributed by atoms with Gasteiger partial charge in [-0.2, -0.15) is 5.21 Å². The predicted molar refractivity (Wildman–Crippen MR) is 120 cm³/mol. The average molecular weight is 446 g/mol. The highest BCUT2D eigenvalue weighted by Crippen LogP contribution is 2.14. The summed E-state index contributed by atoms with van der Waals surface area (Å²) < 4.78 is 0.